The lowest BCUT2D eigenvalue weighted by molar-refractivity contribution is -0.140. The molecule has 2 atom stereocenters. The van der Waals surface area contributed by atoms with Crippen LogP contribution in [0.3, 0.4) is 0 Å². The molecule has 0 aromatic carbocycles. The number of carbonyl (C=O) groups excluding carboxylic acids is 3. The summed E-state index contributed by atoms with van der Waals surface area (Å²) >= 11 is 0. The summed E-state index contributed by atoms with van der Waals surface area (Å²) in [6.07, 6.45) is 5.02. The van der Waals surface area contributed by atoms with Crippen molar-refractivity contribution in [3.63, 3.8) is 0 Å². The summed E-state index contributed by atoms with van der Waals surface area (Å²) in [5.41, 5.74) is 0.0205. The Bertz CT molecular complexity index is 636. The van der Waals surface area contributed by atoms with Crippen molar-refractivity contribution in [2.75, 3.05) is 34.3 Å². The third-order valence-electron chi connectivity index (χ3n) is 5.42. The number of nitrogens with zero attached hydrogens (tertiary/aromatic N) is 2. The highest BCUT2D eigenvalue weighted by Crippen LogP contribution is 2.24. The predicted octanol–water partition coefficient (Wildman–Crippen LogP) is 3.63. The molecule has 2 amide bonds. The zero-order valence-electron chi connectivity index (χ0n) is 22.1. The maximum Gasteiger partial charge on any atom is 0.333 e. The van der Waals surface area contributed by atoms with Crippen LogP contribution in [-0.4, -0.2) is 74.0 Å². The van der Waals surface area contributed by atoms with Gasteiger partial charge in [0.15, 0.2) is 0 Å². The zero-order chi connectivity index (χ0) is 25.1. The first-order valence-corrected chi connectivity index (χ1v) is 11.8. The molecule has 0 radical (unpaired) electrons. The molecule has 7 nitrogen and oxygen atoms in total. The fourth-order valence-corrected chi connectivity index (χ4v) is 3.44. The van der Waals surface area contributed by atoms with Gasteiger partial charge in [-0.1, -0.05) is 47.1 Å². The predicted molar refractivity (Wildman–Crippen MR) is 130 cm³/mol. The normalized spacial score (nSPS) is 14.3. The first-order chi connectivity index (χ1) is 14.7. The van der Waals surface area contributed by atoms with Gasteiger partial charge >= 0.3 is 5.97 Å². The maximum atomic E-state index is 13.5. The first-order valence-electron chi connectivity index (χ1n) is 11.8. The van der Waals surface area contributed by atoms with Crippen LogP contribution in [0.1, 0.15) is 74.1 Å². The molecule has 0 bridgehead atoms. The number of amides is 2. The fourth-order valence-electron chi connectivity index (χ4n) is 3.44. The van der Waals surface area contributed by atoms with E-state index in [1.807, 2.05) is 48.7 Å². The largest absolute Gasteiger partial charge is 0.463 e. The lowest BCUT2D eigenvalue weighted by atomic mass is 9.85. The van der Waals surface area contributed by atoms with Crippen molar-refractivity contribution in [1.82, 2.24) is 15.1 Å². The van der Waals surface area contributed by atoms with E-state index in [4.69, 9.17) is 4.74 Å². The molecule has 2 unspecified atom stereocenters. The van der Waals surface area contributed by atoms with Crippen LogP contribution in [0.25, 0.3) is 0 Å². The Morgan fingerprint density at radius 3 is 2.09 bits per heavy atom. The quantitative estimate of drug-likeness (QED) is 0.262. The molecule has 0 rings (SSSR count). The zero-order valence-corrected chi connectivity index (χ0v) is 22.1. The summed E-state index contributed by atoms with van der Waals surface area (Å²) < 4.78 is 5.08. The summed E-state index contributed by atoms with van der Waals surface area (Å²) in [7, 11) is 5.81. The van der Waals surface area contributed by atoms with Crippen molar-refractivity contribution in [2.24, 2.45) is 11.3 Å². The van der Waals surface area contributed by atoms with Crippen LogP contribution in [0.2, 0.25) is 0 Å². The monoisotopic (exact) mass is 453 g/mol. The molecule has 7 heteroatoms. The van der Waals surface area contributed by atoms with Crippen molar-refractivity contribution in [3.05, 3.63) is 11.6 Å². The average Bonchev–Trinajstić information content (AvgIpc) is 2.67. The first kappa shape index (κ1) is 30.1. The Kier molecular flexibility index (Phi) is 13.5. The van der Waals surface area contributed by atoms with Gasteiger partial charge in [-0.2, -0.15) is 0 Å². The van der Waals surface area contributed by atoms with E-state index < -0.39 is 11.5 Å². The van der Waals surface area contributed by atoms with Gasteiger partial charge in [0.1, 0.15) is 6.04 Å². The molecule has 0 saturated heterocycles. The SMILES string of the molecule is CCOC(=O)/C(C)=C/C(C(C)C)N(C)C(=O)C(NC(=O)CCCCCN(C)C)C(C)(C)C. The minimum atomic E-state index is -0.653. The lowest BCUT2D eigenvalue weighted by Crippen LogP contribution is -2.56. The van der Waals surface area contributed by atoms with Gasteiger partial charge in [0.05, 0.1) is 12.6 Å². The van der Waals surface area contributed by atoms with E-state index in [2.05, 4.69) is 10.2 Å². The number of unbranched alkanes of at least 4 members (excludes halogenated alkanes) is 2. The fraction of sp³-hybridized carbons (Fsp3) is 0.800. The van der Waals surface area contributed by atoms with E-state index in [9.17, 15) is 14.4 Å². The van der Waals surface area contributed by atoms with Crippen LogP contribution < -0.4 is 5.32 Å². The second-order valence-electron chi connectivity index (χ2n) is 10.2. The molecule has 0 heterocycles. The van der Waals surface area contributed by atoms with Gasteiger partial charge in [-0.05, 0) is 58.7 Å². The van der Waals surface area contributed by atoms with Crippen LogP contribution in [0, 0.1) is 11.3 Å². The van der Waals surface area contributed by atoms with Crippen LogP contribution in [0.4, 0.5) is 0 Å². The minimum Gasteiger partial charge on any atom is -0.463 e. The second kappa shape index (κ2) is 14.3. The number of carbonyl (C=O) groups is 3. The van der Waals surface area contributed by atoms with Crippen LogP contribution in [-0.2, 0) is 19.1 Å². The van der Waals surface area contributed by atoms with Crippen molar-refractivity contribution in [1.29, 1.82) is 0 Å². The molecule has 32 heavy (non-hydrogen) atoms. The Labute approximate surface area is 195 Å². The van der Waals surface area contributed by atoms with Gasteiger partial charge in [0.25, 0.3) is 0 Å². The molecule has 0 aromatic rings. The van der Waals surface area contributed by atoms with Crippen molar-refractivity contribution >= 4 is 17.8 Å². The van der Waals surface area contributed by atoms with Gasteiger partial charge in [0, 0.05) is 19.0 Å². The van der Waals surface area contributed by atoms with Crippen molar-refractivity contribution < 1.29 is 19.1 Å². The summed E-state index contributed by atoms with van der Waals surface area (Å²) in [6, 6.07) is -0.945. The highest BCUT2D eigenvalue weighted by atomic mass is 16.5. The molecular formula is C25H47N3O4. The van der Waals surface area contributed by atoms with Crippen LogP contribution in [0.5, 0.6) is 0 Å². The number of esters is 1. The van der Waals surface area contributed by atoms with Crippen molar-refractivity contribution in [2.45, 2.75) is 86.2 Å². The van der Waals surface area contributed by atoms with Crippen molar-refractivity contribution in [3.8, 4) is 0 Å². The van der Waals surface area contributed by atoms with Crippen LogP contribution >= 0.6 is 0 Å². The third kappa shape index (κ3) is 11.1. The number of hydrogen-bond donors (Lipinski definition) is 1. The van der Waals surface area contributed by atoms with E-state index in [0.717, 1.165) is 25.8 Å². The Morgan fingerprint density at radius 1 is 1.03 bits per heavy atom. The van der Waals surface area contributed by atoms with E-state index in [1.165, 1.54) is 0 Å². The number of ether oxygens (including phenoxy) is 1. The smallest absolute Gasteiger partial charge is 0.333 e. The molecule has 0 aliphatic carbocycles. The molecule has 1 N–H and O–H groups in total. The average molecular weight is 454 g/mol. The van der Waals surface area contributed by atoms with Gasteiger partial charge < -0.3 is 19.9 Å². The van der Waals surface area contributed by atoms with Crippen LogP contribution in [0.15, 0.2) is 11.6 Å². The molecule has 0 aliphatic rings. The highest BCUT2D eigenvalue weighted by Gasteiger charge is 2.36. The molecular weight excluding hydrogens is 406 g/mol. The Hall–Kier alpha value is -1.89. The number of nitrogens with one attached hydrogen (secondary N) is 1. The summed E-state index contributed by atoms with van der Waals surface area (Å²) in [5, 5.41) is 2.97. The summed E-state index contributed by atoms with van der Waals surface area (Å²) in [5.74, 6) is -0.559. The topological polar surface area (TPSA) is 79.0 Å². The number of rotatable bonds is 13. The number of likely N-dealkylation sites (N-methyl/N-ethyl adjacent to an activating group) is 1. The van der Waals surface area contributed by atoms with Gasteiger partial charge in [-0.15, -0.1) is 0 Å². The van der Waals surface area contributed by atoms with E-state index in [1.54, 1.807) is 31.9 Å². The summed E-state index contributed by atoms with van der Waals surface area (Å²) in [6.45, 7) is 14.6. The lowest BCUT2D eigenvalue weighted by Gasteiger charge is -2.37. The molecule has 0 aliphatic heterocycles. The minimum absolute atomic E-state index is 0.0846. The Balaban J connectivity index is 5.33. The van der Waals surface area contributed by atoms with Gasteiger partial charge in [-0.3, -0.25) is 9.59 Å². The molecule has 0 fully saturated rings. The third-order valence-corrected chi connectivity index (χ3v) is 5.42. The van der Waals surface area contributed by atoms with Gasteiger partial charge in [0.2, 0.25) is 11.8 Å². The number of hydrogen-bond acceptors (Lipinski definition) is 5. The van der Waals surface area contributed by atoms with E-state index in [-0.39, 0.29) is 29.7 Å². The molecule has 0 saturated carbocycles. The molecule has 186 valence electrons. The molecule has 0 spiro atoms. The van der Waals surface area contributed by atoms with Gasteiger partial charge in [-0.25, -0.2) is 4.79 Å². The second-order valence-corrected chi connectivity index (χ2v) is 10.2. The standard InChI is InChI=1S/C25H47N3O4/c1-11-32-24(31)19(4)17-20(18(2)3)28(10)23(30)22(25(5,6)7)26-21(29)15-13-12-14-16-27(8)9/h17-18,20,22H,11-16H2,1-10H3,(H,26,29)/b19-17+. The van der Waals surface area contributed by atoms with E-state index in [0.29, 0.717) is 18.6 Å². The maximum absolute atomic E-state index is 13.5. The Morgan fingerprint density at radius 2 is 1.62 bits per heavy atom. The summed E-state index contributed by atoms with van der Waals surface area (Å²) in [4.78, 5) is 41.9. The highest BCUT2D eigenvalue weighted by molar-refractivity contribution is 5.90. The van der Waals surface area contributed by atoms with E-state index >= 15 is 0 Å². The molecule has 0 aromatic heterocycles.